The van der Waals surface area contributed by atoms with Crippen molar-refractivity contribution in [3.05, 3.63) is 85.3 Å². The Kier molecular flexibility index (Phi) is 5.31. The molecule has 0 heterocycles. The summed E-state index contributed by atoms with van der Waals surface area (Å²) in [5.74, 6) is 1.38. The molecule has 2 unspecified atom stereocenters. The van der Waals surface area contributed by atoms with Crippen LogP contribution in [-0.4, -0.2) is 0 Å². The minimum atomic E-state index is 0.688. The Balaban J connectivity index is 1.75. The molecule has 5 rings (SSSR count). The maximum Gasteiger partial charge on any atom is 0.0497 e. The number of fused-ring (bicyclic) bond motifs is 2. The standard InChI is InChI=1S/C27H27Br2N/c1-16-4-6-19(7-5-16)30(26-10-8-24(28)20-12-17(2)14-22(20)26)27-11-9-25(29)21-13-18(3)15-23(21)27/h4-11,17-18H,12-15H2,1-3H3. The van der Waals surface area contributed by atoms with E-state index in [2.05, 4.69) is 106 Å². The molecule has 3 heteroatoms. The highest BCUT2D eigenvalue weighted by Crippen LogP contribution is 2.47. The average molecular weight is 525 g/mol. The molecule has 0 amide bonds. The average Bonchev–Trinajstić information content (AvgIpc) is 3.30. The number of halogens is 2. The quantitative estimate of drug-likeness (QED) is 0.332. The van der Waals surface area contributed by atoms with Crippen LogP contribution in [0.1, 0.15) is 41.7 Å². The van der Waals surface area contributed by atoms with Gasteiger partial charge in [0.1, 0.15) is 0 Å². The smallest absolute Gasteiger partial charge is 0.0497 e. The molecule has 0 aromatic heterocycles. The first-order chi connectivity index (χ1) is 14.4. The van der Waals surface area contributed by atoms with Crippen molar-refractivity contribution >= 4 is 48.9 Å². The van der Waals surface area contributed by atoms with Gasteiger partial charge in [0, 0.05) is 26.0 Å². The van der Waals surface area contributed by atoms with Crippen molar-refractivity contribution in [2.75, 3.05) is 4.90 Å². The van der Waals surface area contributed by atoms with Gasteiger partial charge >= 0.3 is 0 Å². The van der Waals surface area contributed by atoms with Gasteiger partial charge in [0.15, 0.2) is 0 Å². The van der Waals surface area contributed by atoms with Gasteiger partial charge in [0.05, 0.1) is 0 Å². The zero-order valence-corrected chi connectivity index (χ0v) is 21.0. The fraction of sp³-hybridized carbons (Fsp3) is 0.333. The van der Waals surface area contributed by atoms with E-state index >= 15 is 0 Å². The van der Waals surface area contributed by atoms with Crippen LogP contribution in [0, 0.1) is 18.8 Å². The molecule has 1 nitrogen and oxygen atoms in total. The molecule has 0 saturated carbocycles. The highest BCUT2D eigenvalue weighted by Gasteiger charge is 2.30. The van der Waals surface area contributed by atoms with Crippen molar-refractivity contribution in [1.82, 2.24) is 0 Å². The van der Waals surface area contributed by atoms with E-state index in [0.717, 1.165) is 25.7 Å². The molecule has 0 bridgehead atoms. The van der Waals surface area contributed by atoms with Crippen molar-refractivity contribution in [2.45, 2.75) is 46.5 Å². The van der Waals surface area contributed by atoms with Crippen molar-refractivity contribution in [3.8, 4) is 0 Å². The highest BCUT2D eigenvalue weighted by atomic mass is 79.9. The zero-order chi connectivity index (χ0) is 21.0. The Morgan fingerprint density at radius 2 is 1.07 bits per heavy atom. The normalized spacial score (nSPS) is 19.6. The zero-order valence-electron chi connectivity index (χ0n) is 17.8. The Morgan fingerprint density at radius 1 is 0.633 bits per heavy atom. The number of benzene rings is 3. The number of anilines is 3. The molecule has 30 heavy (non-hydrogen) atoms. The molecule has 154 valence electrons. The van der Waals surface area contributed by atoms with Gasteiger partial charge in [-0.15, -0.1) is 0 Å². The number of hydrogen-bond acceptors (Lipinski definition) is 1. The molecule has 0 N–H and O–H groups in total. The van der Waals surface area contributed by atoms with Gasteiger partial charge in [-0.05, 0) is 103 Å². The largest absolute Gasteiger partial charge is 0.310 e. The minimum Gasteiger partial charge on any atom is -0.310 e. The van der Waals surface area contributed by atoms with Gasteiger partial charge in [-0.1, -0.05) is 63.4 Å². The summed E-state index contributed by atoms with van der Waals surface area (Å²) in [6.07, 6.45) is 4.59. The lowest BCUT2D eigenvalue weighted by Gasteiger charge is -2.30. The molecular formula is C27H27Br2N. The van der Waals surface area contributed by atoms with Crippen LogP contribution < -0.4 is 4.90 Å². The number of hydrogen-bond donors (Lipinski definition) is 0. The van der Waals surface area contributed by atoms with E-state index in [4.69, 9.17) is 0 Å². The van der Waals surface area contributed by atoms with Crippen LogP contribution in [0.5, 0.6) is 0 Å². The molecule has 0 spiro atoms. The number of rotatable bonds is 3. The minimum absolute atomic E-state index is 0.688. The monoisotopic (exact) mass is 523 g/mol. The maximum absolute atomic E-state index is 3.82. The van der Waals surface area contributed by atoms with Gasteiger partial charge in [0.2, 0.25) is 0 Å². The molecule has 0 radical (unpaired) electrons. The third-order valence-corrected chi connectivity index (χ3v) is 8.17. The van der Waals surface area contributed by atoms with Crippen molar-refractivity contribution < 1.29 is 0 Å². The Hall–Kier alpha value is -1.58. The van der Waals surface area contributed by atoms with Gasteiger partial charge in [0.25, 0.3) is 0 Å². The van der Waals surface area contributed by atoms with E-state index in [-0.39, 0.29) is 0 Å². The van der Waals surface area contributed by atoms with E-state index in [1.165, 1.54) is 53.8 Å². The molecule has 2 atom stereocenters. The van der Waals surface area contributed by atoms with E-state index in [1.807, 2.05) is 0 Å². The number of aryl methyl sites for hydroxylation is 1. The second-order valence-corrected chi connectivity index (χ2v) is 11.0. The van der Waals surface area contributed by atoms with E-state index in [1.54, 1.807) is 0 Å². The fourth-order valence-corrected chi connectivity index (χ4v) is 6.33. The van der Waals surface area contributed by atoms with Crippen LogP contribution in [0.3, 0.4) is 0 Å². The molecule has 2 aliphatic carbocycles. The van der Waals surface area contributed by atoms with E-state index in [9.17, 15) is 0 Å². The molecule has 3 aromatic rings. The summed E-state index contributed by atoms with van der Waals surface area (Å²) in [5.41, 5.74) is 11.2. The van der Waals surface area contributed by atoms with Crippen LogP contribution in [0.15, 0.2) is 57.5 Å². The van der Waals surface area contributed by atoms with Crippen molar-refractivity contribution in [1.29, 1.82) is 0 Å². The molecule has 2 aliphatic rings. The Labute approximate surface area is 196 Å². The lowest BCUT2D eigenvalue weighted by Crippen LogP contribution is -2.14. The lowest BCUT2D eigenvalue weighted by atomic mass is 10.0. The Bertz CT molecular complexity index is 1050. The summed E-state index contributed by atoms with van der Waals surface area (Å²) >= 11 is 7.65. The summed E-state index contributed by atoms with van der Waals surface area (Å²) in [4.78, 5) is 2.52. The van der Waals surface area contributed by atoms with Crippen molar-refractivity contribution in [3.63, 3.8) is 0 Å². The van der Waals surface area contributed by atoms with Crippen LogP contribution in [-0.2, 0) is 25.7 Å². The van der Waals surface area contributed by atoms with Crippen LogP contribution in [0.4, 0.5) is 17.1 Å². The second-order valence-electron chi connectivity index (χ2n) is 9.25. The first-order valence-corrected chi connectivity index (χ1v) is 12.5. The van der Waals surface area contributed by atoms with Crippen molar-refractivity contribution in [2.24, 2.45) is 11.8 Å². The van der Waals surface area contributed by atoms with Gasteiger partial charge in [-0.3, -0.25) is 0 Å². The van der Waals surface area contributed by atoms with Crippen LogP contribution in [0.25, 0.3) is 0 Å². The SMILES string of the molecule is Cc1ccc(N(c2ccc(Br)c3c2CC(C)C3)c2ccc(Br)c3c2CC(C)C3)cc1. The third kappa shape index (κ3) is 3.44. The summed E-state index contributed by atoms with van der Waals surface area (Å²) in [6, 6.07) is 18.1. The van der Waals surface area contributed by atoms with Gasteiger partial charge in [-0.2, -0.15) is 0 Å². The number of nitrogens with zero attached hydrogens (tertiary/aromatic N) is 1. The maximum atomic E-state index is 3.82. The van der Waals surface area contributed by atoms with E-state index in [0.29, 0.717) is 11.8 Å². The lowest BCUT2D eigenvalue weighted by molar-refractivity contribution is 0.626. The Morgan fingerprint density at radius 3 is 1.53 bits per heavy atom. The molecule has 0 saturated heterocycles. The second kappa shape index (κ2) is 7.84. The highest BCUT2D eigenvalue weighted by molar-refractivity contribution is 9.10. The molecule has 0 aliphatic heterocycles. The molecule has 3 aromatic carbocycles. The molecular weight excluding hydrogens is 498 g/mol. The van der Waals surface area contributed by atoms with Crippen LogP contribution >= 0.6 is 31.9 Å². The first kappa shape index (κ1) is 20.3. The molecule has 0 fully saturated rings. The van der Waals surface area contributed by atoms with Gasteiger partial charge < -0.3 is 4.90 Å². The third-order valence-electron chi connectivity index (χ3n) is 6.68. The summed E-state index contributed by atoms with van der Waals surface area (Å²) in [7, 11) is 0. The summed E-state index contributed by atoms with van der Waals surface area (Å²) in [6.45, 7) is 6.89. The topological polar surface area (TPSA) is 3.24 Å². The predicted molar refractivity (Wildman–Crippen MR) is 134 cm³/mol. The predicted octanol–water partition coefficient (Wildman–Crippen LogP) is 8.46. The van der Waals surface area contributed by atoms with E-state index < -0.39 is 0 Å². The summed E-state index contributed by atoms with van der Waals surface area (Å²) < 4.78 is 2.51. The van der Waals surface area contributed by atoms with Gasteiger partial charge in [-0.25, -0.2) is 0 Å². The van der Waals surface area contributed by atoms with Crippen LogP contribution in [0.2, 0.25) is 0 Å². The summed E-state index contributed by atoms with van der Waals surface area (Å²) in [5, 5.41) is 0. The fourth-order valence-electron chi connectivity index (χ4n) is 5.26. The first-order valence-electron chi connectivity index (χ1n) is 10.9.